The van der Waals surface area contributed by atoms with E-state index in [0.717, 1.165) is 18.8 Å². The highest BCUT2D eigenvalue weighted by Gasteiger charge is 2.44. The first-order valence-electron chi connectivity index (χ1n) is 6.25. The van der Waals surface area contributed by atoms with E-state index in [0.29, 0.717) is 17.3 Å². The van der Waals surface area contributed by atoms with Crippen LogP contribution in [0.4, 0.5) is 0 Å². The second-order valence-electron chi connectivity index (χ2n) is 5.05. The van der Waals surface area contributed by atoms with Crippen molar-refractivity contribution >= 4 is 11.8 Å². The number of rotatable bonds is 6. The SMILES string of the molecule is CNC(CO)(CSC1CCOC1C)C1CC1. The van der Waals surface area contributed by atoms with E-state index in [1.165, 1.54) is 12.8 Å². The third kappa shape index (κ3) is 2.55. The maximum Gasteiger partial charge on any atom is 0.0666 e. The van der Waals surface area contributed by atoms with Gasteiger partial charge < -0.3 is 15.2 Å². The molecule has 1 heterocycles. The third-order valence-electron chi connectivity index (χ3n) is 4.00. The standard InChI is InChI=1S/C12H23NO2S/c1-9-11(5-6-15-9)16-8-12(7-14,13-2)10-3-4-10/h9-11,13-14H,3-8H2,1-2H3. The molecule has 1 saturated carbocycles. The van der Waals surface area contributed by atoms with Gasteiger partial charge in [-0.3, -0.25) is 0 Å². The van der Waals surface area contributed by atoms with E-state index in [1.54, 1.807) is 0 Å². The first-order valence-corrected chi connectivity index (χ1v) is 7.29. The lowest BCUT2D eigenvalue weighted by molar-refractivity contribution is 0.127. The summed E-state index contributed by atoms with van der Waals surface area (Å²) in [5.41, 5.74) is -0.0486. The Hall–Kier alpha value is 0.230. The van der Waals surface area contributed by atoms with Crippen molar-refractivity contribution in [1.82, 2.24) is 5.32 Å². The molecule has 4 heteroatoms. The molecule has 3 unspecified atom stereocenters. The number of likely N-dealkylation sites (N-methyl/N-ethyl adjacent to an activating group) is 1. The van der Waals surface area contributed by atoms with Gasteiger partial charge in [-0.25, -0.2) is 0 Å². The lowest BCUT2D eigenvalue weighted by atomic mass is 9.97. The predicted octanol–water partition coefficient (Wildman–Crippen LogP) is 1.26. The van der Waals surface area contributed by atoms with Gasteiger partial charge in [0.25, 0.3) is 0 Å². The summed E-state index contributed by atoms with van der Waals surface area (Å²) in [6, 6.07) is 0. The highest BCUT2D eigenvalue weighted by atomic mass is 32.2. The summed E-state index contributed by atoms with van der Waals surface area (Å²) in [7, 11) is 1.98. The molecule has 0 aromatic heterocycles. The van der Waals surface area contributed by atoms with Crippen LogP contribution in [0, 0.1) is 5.92 Å². The lowest BCUT2D eigenvalue weighted by Gasteiger charge is -2.32. The molecule has 16 heavy (non-hydrogen) atoms. The fourth-order valence-corrected chi connectivity index (χ4v) is 4.07. The van der Waals surface area contributed by atoms with Crippen molar-refractivity contribution in [3.8, 4) is 0 Å². The van der Waals surface area contributed by atoms with Crippen LogP contribution in [-0.2, 0) is 4.74 Å². The smallest absolute Gasteiger partial charge is 0.0666 e. The molecule has 1 aliphatic carbocycles. The van der Waals surface area contributed by atoms with Crippen LogP contribution in [0.5, 0.6) is 0 Å². The molecule has 2 N–H and O–H groups in total. The van der Waals surface area contributed by atoms with Gasteiger partial charge in [0, 0.05) is 17.6 Å². The van der Waals surface area contributed by atoms with Gasteiger partial charge in [-0.2, -0.15) is 11.8 Å². The summed E-state index contributed by atoms with van der Waals surface area (Å²) in [5.74, 6) is 1.68. The van der Waals surface area contributed by atoms with Crippen molar-refractivity contribution < 1.29 is 9.84 Å². The van der Waals surface area contributed by atoms with Crippen molar-refractivity contribution in [3.63, 3.8) is 0 Å². The number of aliphatic hydroxyl groups is 1. The zero-order valence-corrected chi connectivity index (χ0v) is 11.1. The fraction of sp³-hybridized carbons (Fsp3) is 1.00. The van der Waals surface area contributed by atoms with Gasteiger partial charge in [0.15, 0.2) is 0 Å². The molecule has 2 fully saturated rings. The van der Waals surface area contributed by atoms with E-state index in [1.807, 2.05) is 18.8 Å². The zero-order chi connectivity index (χ0) is 11.6. The van der Waals surface area contributed by atoms with E-state index >= 15 is 0 Å². The minimum atomic E-state index is -0.0486. The summed E-state index contributed by atoms with van der Waals surface area (Å²) >= 11 is 1.97. The van der Waals surface area contributed by atoms with E-state index in [9.17, 15) is 5.11 Å². The number of ether oxygens (including phenoxy) is 1. The molecular weight excluding hydrogens is 222 g/mol. The molecule has 0 aromatic carbocycles. The van der Waals surface area contributed by atoms with Gasteiger partial charge in [0.2, 0.25) is 0 Å². The Labute approximate surface area is 102 Å². The van der Waals surface area contributed by atoms with Crippen LogP contribution in [-0.4, -0.2) is 48.0 Å². The minimum absolute atomic E-state index is 0.0486. The van der Waals surface area contributed by atoms with Crippen molar-refractivity contribution in [2.24, 2.45) is 5.92 Å². The van der Waals surface area contributed by atoms with Crippen LogP contribution in [0.15, 0.2) is 0 Å². The molecule has 0 radical (unpaired) electrons. The fourth-order valence-electron chi connectivity index (χ4n) is 2.47. The van der Waals surface area contributed by atoms with E-state index in [4.69, 9.17) is 4.74 Å². The van der Waals surface area contributed by atoms with Crippen LogP contribution < -0.4 is 5.32 Å². The highest BCUT2D eigenvalue weighted by Crippen LogP contribution is 2.42. The average Bonchev–Trinajstić information content (AvgIpc) is 3.07. The number of nitrogens with one attached hydrogen (secondary N) is 1. The molecule has 0 spiro atoms. The predicted molar refractivity (Wildman–Crippen MR) is 67.9 cm³/mol. The summed E-state index contributed by atoms with van der Waals surface area (Å²) < 4.78 is 5.57. The molecule has 0 aromatic rings. The first-order chi connectivity index (χ1) is 7.72. The molecular formula is C12H23NO2S. The quantitative estimate of drug-likeness (QED) is 0.739. The van der Waals surface area contributed by atoms with Crippen molar-refractivity contribution in [2.75, 3.05) is 26.0 Å². The van der Waals surface area contributed by atoms with E-state index in [-0.39, 0.29) is 12.1 Å². The normalized spacial score (nSPS) is 33.9. The number of aliphatic hydroxyl groups excluding tert-OH is 1. The summed E-state index contributed by atoms with van der Waals surface area (Å²) in [6.07, 6.45) is 4.05. The molecule has 94 valence electrons. The Morgan fingerprint density at radius 1 is 1.44 bits per heavy atom. The molecule has 3 atom stereocenters. The Bertz CT molecular complexity index is 229. The third-order valence-corrected chi connectivity index (χ3v) is 5.73. The van der Waals surface area contributed by atoms with Crippen LogP contribution in [0.25, 0.3) is 0 Å². The van der Waals surface area contributed by atoms with Gasteiger partial charge in [-0.05, 0) is 39.2 Å². The van der Waals surface area contributed by atoms with Gasteiger partial charge in [0.05, 0.1) is 18.2 Å². The monoisotopic (exact) mass is 245 g/mol. The molecule has 1 saturated heterocycles. The van der Waals surface area contributed by atoms with Crippen LogP contribution in [0.3, 0.4) is 0 Å². The number of thioether (sulfide) groups is 1. The molecule has 2 rings (SSSR count). The largest absolute Gasteiger partial charge is 0.394 e. The summed E-state index contributed by atoms with van der Waals surface area (Å²) in [5, 5.41) is 13.6. The lowest BCUT2D eigenvalue weighted by Crippen LogP contribution is -2.51. The van der Waals surface area contributed by atoms with E-state index in [2.05, 4.69) is 12.2 Å². The second kappa shape index (κ2) is 5.25. The topological polar surface area (TPSA) is 41.5 Å². The summed E-state index contributed by atoms with van der Waals surface area (Å²) in [6.45, 7) is 3.30. The van der Waals surface area contributed by atoms with Crippen LogP contribution >= 0.6 is 11.8 Å². The Kier molecular flexibility index (Phi) is 4.16. The Morgan fingerprint density at radius 3 is 2.62 bits per heavy atom. The van der Waals surface area contributed by atoms with Crippen molar-refractivity contribution in [3.05, 3.63) is 0 Å². The average molecular weight is 245 g/mol. The molecule has 2 aliphatic rings. The molecule has 0 amide bonds. The maximum atomic E-state index is 9.62. The maximum absolute atomic E-state index is 9.62. The first kappa shape index (κ1) is 12.7. The highest BCUT2D eigenvalue weighted by molar-refractivity contribution is 8.00. The number of hydrogen-bond donors (Lipinski definition) is 2. The van der Waals surface area contributed by atoms with Crippen molar-refractivity contribution in [1.29, 1.82) is 0 Å². The van der Waals surface area contributed by atoms with Gasteiger partial charge in [-0.1, -0.05) is 0 Å². The van der Waals surface area contributed by atoms with E-state index < -0.39 is 0 Å². The van der Waals surface area contributed by atoms with Gasteiger partial charge in [0.1, 0.15) is 0 Å². The van der Waals surface area contributed by atoms with Gasteiger partial charge in [-0.15, -0.1) is 0 Å². The van der Waals surface area contributed by atoms with Crippen LogP contribution in [0.2, 0.25) is 0 Å². The second-order valence-corrected chi connectivity index (χ2v) is 6.28. The zero-order valence-electron chi connectivity index (χ0n) is 10.2. The Balaban J connectivity index is 1.86. The molecule has 1 aliphatic heterocycles. The minimum Gasteiger partial charge on any atom is -0.394 e. The van der Waals surface area contributed by atoms with Gasteiger partial charge >= 0.3 is 0 Å². The Morgan fingerprint density at radius 2 is 2.19 bits per heavy atom. The van der Waals surface area contributed by atoms with Crippen LogP contribution in [0.1, 0.15) is 26.2 Å². The molecule has 0 bridgehead atoms. The van der Waals surface area contributed by atoms with Crippen molar-refractivity contribution in [2.45, 2.75) is 43.1 Å². The summed E-state index contributed by atoms with van der Waals surface area (Å²) in [4.78, 5) is 0. The number of hydrogen-bond acceptors (Lipinski definition) is 4. The molecule has 3 nitrogen and oxygen atoms in total.